The lowest BCUT2D eigenvalue weighted by Gasteiger charge is -2.03. The molecule has 0 aliphatic carbocycles. The second kappa shape index (κ2) is 10.3. The first kappa shape index (κ1) is 15.4. The van der Waals surface area contributed by atoms with Crippen molar-refractivity contribution in [1.29, 1.82) is 0 Å². The van der Waals surface area contributed by atoms with E-state index in [1.54, 1.807) is 6.11 Å². The quantitative estimate of drug-likeness (QED) is 0.517. The van der Waals surface area contributed by atoms with E-state index in [2.05, 4.69) is 25.2 Å². The van der Waals surface area contributed by atoms with Crippen molar-refractivity contribution >= 4 is 0 Å². The average molecular weight is 260 g/mol. The molecule has 0 spiro atoms. The van der Waals surface area contributed by atoms with Crippen molar-refractivity contribution in [3.05, 3.63) is 29.8 Å². The summed E-state index contributed by atoms with van der Waals surface area (Å²) in [6.45, 7) is 2.25. The maximum Gasteiger partial charge on any atom is 0.160 e. The fourth-order valence-corrected chi connectivity index (χ4v) is 2.09. The van der Waals surface area contributed by atoms with Gasteiger partial charge in [0.1, 0.15) is 5.75 Å². The van der Waals surface area contributed by atoms with Crippen LogP contribution >= 0.6 is 0 Å². The highest BCUT2D eigenvalue weighted by molar-refractivity contribution is 5.28. The van der Waals surface area contributed by atoms with Crippen LogP contribution in [0.3, 0.4) is 0 Å². The molecule has 0 aromatic heterocycles. The monoisotopic (exact) mass is 260 g/mol. The Labute approximate surface area is 116 Å². The lowest BCUT2D eigenvalue weighted by atomic mass is 10.0. The number of ether oxygens (including phenoxy) is 1. The van der Waals surface area contributed by atoms with Crippen LogP contribution < -0.4 is 4.74 Å². The zero-order chi connectivity index (χ0) is 13.8. The third-order valence-electron chi connectivity index (χ3n) is 3.21. The maximum atomic E-state index is 8.32. The van der Waals surface area contributed by atoms with Gasteiger partial charge in [-0.25, -0.2) is 0 Å². The van der Waals surface area contributed by atoms with Gasteiger partial charge in [0, 0.05) is 0 Å². The number of hydrogen-bond donors (Lipinski definition) is 1. The minimum Gasteiger partial charge on any atom is -0.460 e. The molecule has 1 aromatic rings. The SMILES string of the molecule is CCCCCCCCCc1ccc(OC#CO)cc1. The van der Waals surface area contributed by atoms with Gasteiger partial charge in [-0.1, -0.05) is 57.6 Å². The third-order valence-corrected chi connectivity index (χ3v) is 3.21. The Bertz CT molecular complexity index is 384. The number of rotatable bonds is 9. The van der Waals surface area contributed by atoms with E-state index in [0.29, 0.717) is 5.75 Å². The Morgan fingerprint density at radius 1 is 0.947 bits per heavy atom. The highest BCUT2D eigenvalue weighted by Gasteiger charge is 1.96. The molecule has 0 atom stereocenters. The minimum atomic E-state index is 0.671. The molecule has 1 aromatic carbocycles. The Morgan fingerprint density at radius 3 is 2.21 bits per heavy atom. The molecule has 0 bridgehead atoms. The van der Waals surface area contributed by atoms with E-state index < -0.39 is 0 Å². The first-order chi connectivity index (χ1) is 9.36. The zero-order valence-electron chi connectivity index (χ0n) is 11.8. The molecule has 0 aliphatic heterocycles. The van der Waals surface area contributed by atoms with Gasteiger partial charge < -0.3 is 9.84 Å². The van der Waals surface area contributed by atoms with Crippen LogP contribution in [0.1, 0.15) is 57.4 Å². The van der Waals surface area contributed by atoms with E-state index in [1.807, 2.05) is 12.1 Å². The van der Waals surface area contributed by atoms with Crippen molar-refractivity contribution < 1.29 is 9.84 Å². The van der Waals surface area contributed by atoms with Crippen molar-refractivity contribution in [1.82, 2.24) is 0 Å². The summed E-state index contributed by atoms with van der Waals surface area (Å²) in [6, 6.07) is 7.90. The van der Waals surface area contributed by atoms with Crippen LogP contribution in [0.5, 0.6) is 5.75 Å². The third kappa shape index (κ3) is 7.41. The van der Waals surface area contributed by atoms with E-state index in [1.165, 1.54) is 50.5 Å². The van der Waals surface area contributed by atoms with Crippen LogP contribution in [0.4, 0.5) is 0 Å². The fourth-order valence-electron chi connectivity index (χ4n) is 2.09. The number of aliphatic hydroxyl groups excluding tert-OH is 1. The van der Waals surface area contributed by atoms with Crippen molar-refractivity contribution in [2.24, 2.45) is 0 Å². The molecule has 0 heterocycles. The molecule has 1 rings (SSSR count). The molecular formula is C17H24O2. The predicted molar refractivity (Wildman–Crippen MR) is 78.5 cm³/mol. The summed E-state index contributed by atoms with van der Waals surface area (Å²) in [6.07, 6.45) is 14.4. The Morgan fingerprint density at radius 2 is 1.58 bits per heavy atom. The summed E-state index contributed by atoms with van der Waals surface area (Å²) in [4.78, 5) is 0. The second-order valence-electron chi connectivity index (χ2n) is 4.83. The number of hydrogen-bond acceptors (Lipinski definition) is 2. The molecule has 0 saturated carbocycles. The van der Waals surface area contributed by atoms with E-state index in [9.17, 15) is 0 Å². The molecule has 2 heteroatoms. The lowest BCUT2D eigenvalue weighted by molar-refractivity contribution is 0.475. The molecule has 19 heavy (non-hydrogen) atoms. The molecule has 1 N–H and O–H groups in total. The number of aryl methyl sites for hydroxylation is 1. The van der Waals surface area contributed by atoms with Crippen LogP contribution in [0.2, 0.25) is 0 Å². The number of aliphatic hydroxyl groups is 1. The topological polar surface area (TPSA) is 29.5 Å². The molecule has 0 fully saturated rings. The molecule has 0 aliphatic rings. The maximum absolute atomic E-state index is 8.32. The summed E-state index contributed by atoms with van der Waals surface area (Å²) in [7, 11) is 0. The van der Waals surface area contributed by atoms with Crippen LogP contribution in [-0.4, -0.2) is 5.11 Å². The van der Waals surface area contributed by atoms with Gasteiger partial charge in [0.2, 0.25) is 0 Å². The van der Waals surface area contributed by atoms with E-state index in [4.69, 9.17) is 9.84 Å². The van der Waals surface area contributed by atoms with E-state index in [0.717, 1.165) is 6.42 Å². The smallest absolute Gasteiger partial charge is 0.160 e. The molecule has 0 saturated heterocycles. The van der Waals surface area contributed by atoms with Gasteiger partial charge in [0.25, 0.3) is 0 Å². The molecular weight excluding hydrogens is 236 g/mol. The largest absolute Gasteiger partial charge is 0.460 e. The normalized spacial score (nSPS) is 9.74. The van der Waals surface area contributed by atoms with E-state index >= 15 is 0 Å². The Hall–Kier alpha value is -1.62. The van der Waals surface area contributed by atoms with Gasteiger partial charge in [-0.05, 0) is 30.5 Å². The second-order valence-corrected chi connectivity index (χ2v) is 4.83. The summed E-state index contributed by atoms with van der Waals surface area (Å²) < 4.78 is 4.98. The summed E-state index contributed by atoms with van der Waals surface area (Å²) in [5.74, 6) is 0.671. The van der Waals surface area contributed by atoms with E-state index in [-0.39, 0.29) is 0 Å². The molecule has 2 nitrogen and oxygen atoms in total. The minimum absolute atomic E-state index is 0.671. The van der Waals surface area contributed by atoms with Gasteiger partial charge in [0.15, 0.2) is 12.2 Å². The highest BCUT2D eigenvalue weighted by Crippen LogP contribution is 2.15. The fraction of sp³-hybridized carbons (Fsp3) is 0.529. The predicted octanol–water partition coefficient (Wildman–Crippen LogP) is 4.65. The number of unbranched alkanes of at least 4 members (excludes halogenated alkanes) is 6. The summed E-state index contributed by atoms with van der Waals surface area (Å²) in [5, 5.41) is 8.32. The van der Waals surface area contributed by atoms with Crippen molar-refractivity contribution in [2.45, 2.75) is 58.3 Å². The van der Waals surface area contributed by atoms with Gasteiger partial charge in [0.05, 0.1) is 0 Å². The summed E-state index contributed by atoms with van der Waals surface area (Å²) in [5.41, 5.74) is 1.33. The molecule has 0 amide bonds. The van der Waals surface area contributed by atoms with Crippen molar-refractivity contribution in [2.75, 3.05) is 0 Å². The van der Waals surface area contributed by atoms with Crippen LogP contribution in [-0.2, 0) is 6.42 Å². The zero-order valence-corrected chi connectivity index (χ0v) is 11.8. The van der Waals surface area contributed by atoms with Crippen molar-refractivity contribution in [3.63, 3.8) is 0 Å². The van der Waals surface area contributed by atoms with Gasteiger partial charge in [-0.3, -0.25) is 0 Å². The van der Waals surface area contributed by atoms with Crippen LogP contribution in [0.15, 0.2) is 24.3 Å². The van der Waals surface area contributed by atoms with Crippen LogP contribution in [0.25, 0.3) is 0 Å². The first-order valence-electron chi connectivity index (χ1n) is 7.26. The number of benzene rings is 1. The molecule has 0 radical (unpaired) electrons. The molecule has 0 unspecified atom stereocenters. The summed E-state index contributed by atoms with van der Waals surface area (Å²) >= 11 is 0. The standard InChI is InChI=1S/C17H24O2/c1-2-3-4-5-6-7-8-9-16-10-12-17(13-11-16)19-15-14-18/h10-13,18H,2-9H2,1H3. The van der Waals surface area contributed by atoms with Gasteiger partial charge >= 0.3 is 0 Å². The van der Waals surface area contributed by atoms with Gasteiger partial charge in [-0.2, -0.15) is 0 Å². The molecule has 104 valence electrons. The van der Waals surface area contributed by atoms with Crippen molar-refractivity contribution in [3.8, 4) is 18.0 Å². The van der Waals surface area contributed by atoms with Gasteiger partial charge in [-0.15, -0.1) is 0 Å². The Kier molecular flexibility index (Phi) is 8.38. The first-order valence-corrected chi connectivity index (χ1v) is 7.26. The lowest BCUT2D eigenvalue weighted by Crippen LogP contribution is -1.88. The highest BCUT2D eigenvalue weighted by atomic mass is 16.5. The Balaban J connectivity index is 2.13. The average Bonchev–Trinajstić information content (AvgIpc) is 2.45. The van der Waals surface area contributed by atoms with Crippen LogP contribution in [0, 0.1) is 12.2 Å².